The summed E-state index contributed by atoms with van der Waals surface area (Å²) in [5, 5.41) is 18.1. The van der Waals surface area contributed by atoms with Crippen LogP contribution in [0.1, 0.15) is 67.8 Å². The maximum Gasteiger partial charge on any atom is 2.00 e. The van der Waals surface area contributed by atoms with Crippen molar-refractivity contribution in [2.75, 3.05) is 0 Å². The van der Waals surface area contributed by atoms with Crippen LogP contribution in [0.3, 0.4) is 0 Å². The van der Waals surface area contributed by atoms with E-state index in [9.17, 15) is 0 Å². The second kappa shape index (κ2) is 16.2. The van der Waals surface area contributed by atoms with Gasteiger partial charge in [-0.3, -0.25) is 18.7 Å². The molecule has 0 aliphatic rings. The van der Waals surface area contributed by atoms with Crippen molar-refractivity contribution in [3.8, 4) is 0 Å². The predicted octanol–water partition coefficient (Wildman–Crippen LogP) is 4.91. The maximum atomic E-state index is 4.54. The molecule has 2 aromatic carbocycles. The third-order valence-electron chi connectivity index (χ3n) is 7.73. The van der Waals surface area contributed by atoms with Gasteiger partial charge in [-0.05, 0) is 75.2 Å². The van der Waals surface area contributed by atoms with E-state index in [2.05, 4.69) is 140 Å². The first-order valence-electron chi connectivity index (χ1n) is 15.2. The van der Waals surface area contributed by atoms with E-state index in [1.807, 2.05) is 27.7 Å². The third-order valence-corrected chi connectivity index (χ3v) is 7.73. The standard InChI is InChI=1S/2C18H22N4.2Cu/c2*1-13-8-15(3)21(19-13)11-17-6-5-7-18(10-17)12-22-16(4)9-14(2)20-22;;/h2*5-10H,11-12H2,1-4H3;;/q;;2*+2. The predicted molar refractivity (Wildman–Crippen MR) is 172 cm³/mol. The molecule has 0 saturated heterocycles. The zero-order chi connectivity index (χ0) is 31.4. The van der Waals surface area contributed by atoms with Crippen LogP contribution < -0.4 is 19.6 Å². The number of hydrogen-bond acceptors (Lipinski definition) is 2. The molecule has 0 saturated carbocycles. The van der Waals surface area contributed by atoms with Crippen LogP contribution >= 0.6 is 0 Å². The fourth-order valence-electron chi connectivity index (χ4n) is 5.68. The largest absolute Gasteiger partial charge is 2.00 e. The minimum absolute atomic E-state index is 0. The summed E-state index contributed by atoms with van der Waals surface area (Å²) in [6.45, 7) is 19.8. The first-order chi connectivity index (χ1) is 21.0. The molecule has 0 spiro atoms. The average Bonchev–Trinajstić information content (AvgIpc) is 3.65. The molecule has 6 aromatic rings. The molecule has 0 bridgehead atoms. The Morgan fingerprint density at radius 3 is 1.20 bits per heavy atom. The summed E-state index contributed by atoms with van der Waals surface area (Å²) < 4.78 is 8.21. The summed E-state index contributed by atoms with van der Waals surface area (Å²) in [5.74, 6) is 0. The molecule has 246 valence electrons. The number of nitrogens with zero attached hydrogens (tertiary/aromatic N) is 8. The molecule has 2 radical (unpaired) electrons. The molecule has 8 nitrogen and oxygen atoms in total. The number of hydrogen-bond donors (Lipinski definition) is 0. The second-order valence-electron chi connectivity index (χ2n) is 12.0. The molecule has 0 fully saturated rings. The van der Waals surface area contributed by atoms with E-state index in [1.165, 1.54) is 45.0 Å². The number of aromatic nitrogens is 8. The van der Waals surface area contributed by atoms with Crippen molar-refractivity contribution >= 4 is 0 Å². The van der Waals surface area contributed by atoms with Crippen LogP contribution in [-0.4, -0.2) is 19.6 Å². The Morgan fingerprint density at radius 1 is 0.522 bits per heavy atom. The molecule has 0 unspecified atom stereocenters. The van der Waals surface area contributed by atoms with Gasteiger partial charge in [0.15, 0.2) is 24.5 Å². The van der Waals surface area contributed by atoms with Gasteiger partial charge < -0.3 is 10.2 Å². The summed E-state index contributed by atoms with van der Waals surface area (Å²) in [5.41, 5.74) is 14.1. The summed E-state index contributed by atoms with van der Waals surface area (Å²) in [4.78, 5) is 0. The Bertz CT molecular complexity index is 1610. The maximum absolute atomic E-state index is 4.54. The number of aryl methyl sites for hydroxylation is 8. The van der Waals surface area contributed by atoms with E-state index in [0.717, 1.165) is 49.0 Å². The fourth-order valence-corrected chi connectivity index (χ4v) is 5.68. The third kappa shape index (κ3) is 9.66. The van der Waals surface area contributed by atoms with Crippen molar-refractivity contribution in [1.29, 1.82) is 0 Å². The van der Waals surface area contributed by atoms with Crippen LogP contribution in [0.5, 0.6) is 0 Å². The minimum Gasteiger partial charge on any atom is -0.414 e. The fraction of sp³-hybridized carbons (Fsp3) is 0.333. The van der Waals surface area contributed by atoms with Crippen LogP contribution in [0.25, 0.3) is 0 Å². The van der Waals surface area contributed by atoms with E-state index in [4.69, 9.17) is 0 Å². The van der Waals surface area contributed by atoms with Gasteiger partial charge in [0.25, 0.3) is 0 Å². The van der Waals surface area contributed by atoms with Crippen molar-refractivity contribution in [1.82, 2.24) is 29.8 Å². The quantitative estimate of drug-likeness (QED) is 0.166. The molecule has 4 heterocycles. The van der Waals surface area contributed by atoms with Gasteiger partial charge in [-0.1, -0.05) is 50.2 Å². The Morgan fingerprint density at radius 2 is 0.891 bits per heavy atom. The summed E-state index contributed by atoms with van der Waals surface area (Å²) >= 11 is 0. The van der Waals surface area contributed by atoms with E-state index in [0.29, 0.717) is 0 Å². The molecule has 0 aliphatic carbocycles. The molecule has 0 atom stereocenters. The van der Waals surface area contributed by atoms with E-state index >= 15 is 0 Å². The Kier molecular flexibility index (Phi) is 13.0. The van der Waals surface area contributed by atoms with Gasteiger partial charge in [0.2, 0.25) is 0 Å². The molecule has 0 amide bonds. The van der Waals surface area contributed by atoms with Crippen molar-refractivity contribution in [3.05, 3.63) is 141 Å². The van der Waals surface area contributed by atoms with Crippen LogP contribution in [0, 0.1) is 55.4 Å². The molecular weight excluding hydrogens is 672 g/mol. The number of rotatable bonds is 8. The van der Waals surface area contributed by atoms with Crippen LogP contribution in [0.2, 0.25) is 0 Å². The summed E-state index contributed by atoms with van der Waals surface area (Å²) in [6, 6.07) is 25.8. The SMILES string of the molecule is Cc1cc(C)n(Cc2cccc(C[n+]3[n-]c(C)cc3C)c2)n1.Cc1cc(C)n(Cc2cccc(C[n+]3[n-]c(C)cc3C)c2)n1.[Cu+2].[Cu+2]. The van der Waals surface area contributed by atoms with Gasteiger partial charge in [0.05, 0.1) is 24.5 Å². The number of benzene rings is 2. The second-order valence-corrected chi connectivity index (χ2v) is 12.0. The molecule has 4 aromatic heterocycles. The first-order valence-corrected chi connectivity index (χ1v) is 15.2. The Hall–Kier alpha value is -3.68. The van der Waals surface area contributed by atoms with Gasteiger partial charge in [-0.2, -0.15) is 10.2 Å². The monoisotopic (exact) mass is 714 g/mol. The normalized spacial score (nSPS) is 10.6. The van der Waals surface area contributed by atoms with Crippen molar-refractivity contribution in [2.24, 2.45) is 0 Å². The molecule has 46 heavy (non-hydrogen) atoms. The summed E-state index contributed by atoms with van der Waals surface area (Å²) in [7, 11) is 0. The summed E-state index contributed by atoms with van der Waals surface area (Å²) in [6.07, 6.45) is 0. The first kappa shape index (κ1) is 36.8. The van der Waals surface area contributed by atoms with Crippen LogP contribution in [0.4, 0.5) is 0 Å². The van der Waals surface area contributed by atoms with Gasteiger partial charge >= 0.3 is 34.1 Å². The van der Waals surface area contributed by atoms with Gasteiger partial charge in [-0.15, -0.1) is 11.4 Å². The van der Waals surface area contributed by atoms with Crippen LogP contribution in [0.15, 0.2) is 72.8 Å². The molecule has 10 heteroatoms. The Labute approximate surface area is 294 Å². The van der Waals surface area contributed by atoms with Crippen molar-refractivity contribution < 1.29 is 43.5 Å². The molecule has 0 N–H and O–H groups in total. The molecule has 0 aliphatic heterocycles. The van der Waals surface area contributed by atoms with Crippen LogP contribution in [-0.2, 0) is 60.3 Å². The van der Waals surface area contributed by atoms with E-state index < -0.39 is 0 Å². The van der Waals surface area contributed by atoms with Crippen molar-refractivity contribution in [3.63, 3.8) is 0 Å². The van der Waals surface area contributed by atoms with Crippen molar-refractivity contribution in [2.45, 2.75) is 81.6 Å². The van der Waals surface area contributed by atoms with E-state index in [-0.39, 0.29) is 34.1 Å². The minimum atomic E-state index is 0. The van der Waals surface area contributed by atoms with Gasteiger partial charge in [0.1, 0.15) is 0 Å². The molecular formula is C36H44Cu2N8+4. The van der Waals surface area contributed by atoms with Gasteiger partial charge in [-0.25, -0.2) is 0 Å². The van der Waals surface area contributed by atoms with E-state index in [1.54, 1.807) is 0 Å². The zero-order valence-corrected chi connectivity index (χ0v) is 29.8. The smallest absolute Gasteiger partial charge is 0.414 e. The Balaban J connectivity index is 0.000000240. The molecule has 6 rings (SSSR count). The average molecular weight is 716 g/mol. The topological polar surface area (TPSA) is 71.6 Å². The van der Waals surface area contributed by atoms with Gasteiger partial charge in [0, 0.05) is 36.4 Å². The zero-order valence-electron chi connectivity index (χ0n) is 27.9.